The minimum atomic E-state index is -0.325. The van der Waals surface area contributed by atoms with Crippen LogP contribution in [0.3, 0.4) is 0 Å². The van der Waals surface area contributed by atoms with Crippen molar-refractivity contribution in [1.29, 1.82) is 0 Å². The third-order valence-electron chi connectivity index (χ3n) is 3.69. The first kappa shape index (κ1) is 17.5. The highest BCUT2D eigenvalue weighted by atomic mass is 16.5. The summed E-state index contributed by atoms with van der Waals surface area (Å²) in [5.74, 6) is 1.26. The van der Waals surface area contributed by atoms with Gasteiger partial charge in [-0.1, -0.05) is 6.92 Å². The van der Waals surface area contributed by atoms with Crippen LogP contribution >= 0.6 is 0 Å². The topological polar surface area (TPSA) is 75.0 Å². The summed E-state index contributed by atoms with van der Waals surface area (Å²) in [4.78, 5) is 24.1. The number of fused-ring (bicyclic) bond motifs is 1. The van der Waals surface area contributed by atoms with Crippen LogP contribution in [0.2, 0.25) is 0 Å². The van der Waals surface area contributed by atoms with Crippen molar-refractivity contribution in [2.75, 3.05) is 7.11 Å². The van der Waals surface area contributed by atoms with Gasteiger partial charge in [-0.05, 0) is 42.8 Å². The minimum Gasteiger partial charge on any atom is -0.497 e. The first-order valence-corrected chi connectivity index (χ1v) is 8.19. The molecular formula is C20H18O6. The average molecular weight is 354 g/mol. The molecule has 6 heteroatoms. The normalized spacial score (nSPS) is 10.5. The Balaban J connectivity index is 1.85. The molecule has 0 bridgehead atoms. The number of methoxy groups -OCH3 is 1. The fourth-order valence-electron chi connectivity index (χ4n) is 2.38. The molecule has 0 unspecified atom stereocenters. The summed E-state index contributed by atoms with van der Waals surface area (Å²) < 4.78 is 21.4. The second kappa shape index (κ2) is 7.74. The van der Waals surface area contributed by atoms with Crippen LogP contribution < -0.4 is 19.6 Å². The van der Waals surface area contributed by atoms with Crippen LogP contribution in [0.5, 0.6) is 23.0 Å². The molecule has 134 valence electrons. The van der Waals surface area contributed by atoms with Crippen molar-refractivity contribution >= 4 is 16.9 Å². The maximum Gasteiger partial charge on any atom is 0.311 e. The smallest absolute Gasteiger partial charge is 0.311 e. The molecule has 0 N–H and O–H groups in total. The van der Waals surface area contributed by atoms with E-state index in [0.717, 1.165) is 0 Å². The van der Waals surface area contributed by atoms with Crippen LogP contribution in [0, 0.1) is 0 Å². The lowest BCUT2D eigenvalue weighted by Crippen LogP contribution is -2.08. The van der Waals surface area contributed by atoms with Gasteiger partial charge in [-0.3, -0.25) is 9.59 Å². The molecule has 0 spiro atoms. The molecule has 3 rings (SSSR count). The summed E-state index contributed by atoms with van der Waals surface area (Å²) in [7, 11) is 1.57. The van der Waals surface area contributed by atoms with E-state index < -0.39 is 0 Å². The summed E-state index contributed by atoms with van der Waals surface area (Å²) in [6, 6.07) is 11.5. The van der Waals surface area contributed by atoms with Crippen LogP contribution in [-0.2, 0) is 4.79 Å². The molecule has 2 aromatic carbocycles. The lowest BCUT2D eigenvalue weighted by atomic mass is 10.2. The lowest BCUT2D eigenvalue weighted by molar-refractivity contribution is -0.134. The van der Waals surface area contributed by atoms with Crippen molar-refractivity contribution in [3.05, 3.63) is 59.0 Å². The van der Waals surface area contributed by atoms with E-state index in [4.69, 9.17) is 18.6 Å². The van der Waals surface area contributed by atoms with Gasteiger partial charge in [0.2, 0.25) is 11.2 Å². The van der Waals surface area contributed by atoms with E-state index in [2.05, 4.69) is 0 Å². The number of carbonyl (C=O) groups is 1. The highest BCUT2D eigenvalue weighted by Gasteiger charge is 2.11. The van der Waals surface area contributed by atoms with Gasteiger partial charge < -0.3 is 18.6 Å². The standard InChI is InChI=1S/C20H18O6/c1-3-4-19(21)26-15-9-10-16-17(11-15)24-12-18(20(16)22)25-14-7-5-13(23-2)6-8-14/h5-12H,3-4H2,1-2H3. The number of esters is 1. The Morgan fingerprint density at radius 3 is 2.42 bits per heavy atom. The predicted octanol–water partition coefficient (Wildman–Crippen LogP) is 4.30. The van der Waals surface area contributed by atoms with Gasteiger partial charge in [0.25, 0.3) is 0 Å². The van der Waals surface area contributed by atoms with Gasteiger partial charge >= 0.3 is 5.97 Å². The van der Waals surface area contributed by atoms with Crippen molar-refractivity contribution in [1.82, 2.24) is 0 Å². The monoisotopic (exact) mass is 354 g/mol. The van der Waals surface area contributed by atoms with E-state index in [-0.39, 0.29) is 17.1 Å². The van der Waals surface area contributed by atoms with Crippen LogP contribution in [0.25, 0.3) is 11.0 Å². The zero-order chi connectivity index (χ0) is 18.5. The van der Waals surface area contributed by atoms with Gasteiger partial charge in [0.15, 0.2) is 0 Å². The molecule has 3 aromatic rings. The molecule has 0 aliphatic heterocycles. The van der Waals surface area contributed by atoms with Crippen molar-refractivity contribution < 1.29 is 23.4 Å². The Morgan fingerprint density at radius 2 is 1.73 bits per heavy atom. The van der Waals surface area contributed by atoms with Crippen LogP contribution in [0.15, 0.2) is 57.9 Å². The summed E-state index contributed by atoms with van der Waals surface area (Å²) in [5, 5.41) is 0.339. The van der Waals surface area contributed by atoms with Crippen LogP contribution in [0.1, 0.15) is 19.8 Å². The number of hydrogen-bond acceptors (Lipinski definition) is 6. The summed E-state index contributed by atoms with van der Waals surface area (Å²) in [6.45, 7) is 1.89. The second-order valence-electron chi connectivity index (χ2n) is 5.59. The van der Waals surface area contributed by atoms with Crippen molar-refractivity contribution in [2.45, 2.75) is 19.8 Å². The molecule has 26 heavy (non-hydrogen) atoms. The average Bonchev–Trinajstić information content (AvgIpc) is 2.65. The SMILES string of the molecule is CCCC(=O)Oc1ccc2c(=O)c(Oc3ccc(OC)cc3)coc2c1. The largest absolute Gasteiger partial charge is 0.497 e. The minimum absolute atomic E-state index is 0.0680. The number of ether oxygens (including phenoxy) is 3. The van der Waals surface area contributed by atoms with E-state index in [1.165, 1.54) is 12.3 Å². The Hall–Kier alpha value is -3.28. The van der Waals surface area contributed by atoms with Gasteiger partial charge in [-0.2, -0.15) is 0 Å². The van der Waals surface area contributed by atoms with E-state index in [1.54, 1.807) is 43.5 Å². The Kier molecular flexibility index (Phi) is 5.22. The van der Waals surface area contributed by atoms with Gasteiger partial charge in [-0.25, -0.2) is 0 Å². The molecule has 0 saturated carbocycles. The maximum absolute atomic E-state index is 12.6. The van der Waals surface area contributed by atoms with Crippen LogP contribution in [-0.4, -0.2) is 13.1 Å². The zero-order valence-electron chi connectivity index (χ0n) is 14.5. The van der Waals surface area contributed by atoms with Crippen LogP contribution in [0.4, 0.5) is 0 Å². The summed E-state index contributed by atoms with van der Waals surface area (Å²) in [6.07, 6.45) is 2.27. The Bertz CT molecular complexity index is 972. The number of carbonyl (C=O) groups excluding carboxylic acids is 1. The molecule has 0 radical (unpaired) electrons. The predicted molar refractivity (Wildman–Crippen MR) is 96.1 cm³/mol. The highest BCUT2D eigenvalue weighted by molar-refractivity contribution is 5.80. The zero-order valence-corrected chi connectivity index (χ0v) is 14.5. The molecule has 0 aliphatic rings. The van der Waals surface area contributed by atoms with Gasteiger partial charge in [0, 0.05) is 12.5 Å². The molecule has 0 aliphatic carbocycles. The number of benzene rings is 2. The molecule has 1 aromatic heterocycles. The van der Waals surface area contributed by atoms with Crippen molar-refractivity contribution in [3.63, 3.8) is 0 Å². The molecule has 1 heterocycles. The first-order valence-electron chi connectivity index (χ1n) is 8.19. The van der Waals surface area contributed by atoms with E-state index >= 15 is 0 Å². The molecule has 0 fully saturated rings. The number of rotatable bonds is 6. The second-order valence-corrected chi connectivity index (χ2v) is 5.59. The first-order chi connectivity index (χ1) is 12.6. The fourth-order valence-corrected chi connectivity index (χ4v) is 2.38. The quantitative estimate of drug-likeness (QED) is 0.485. The maximum atomic E-state index is 12.6. The molecular weight excluding hydrogens is 336 g/mol. The molecule has 0 amide bonds. The molecule has 0 saturated heterocycles. The van der Waals surface area contributed by atoms with E-state index in [1.807, 2.05) is 6.92 Å². The van der Waals surface area contributed by atoms with Gasteiger partial charge in [0.1, 0.15) is 29.1 Å². The van der Waals surface area contributed by atoms with Gasteiger partial charge in [0.05, 0.1) is 12.5 Å². The van der Waals surface area contributed by atoms with Crippen molar-refractivity contribution in [2.24, 2.45) is 0 Å². The third-order valence-corrected chi connectivity index (χ3v) is 3.69. The van der Waals surface area contributed by atoms with Crippen molar-refractivity contribution in [3.8, 4) is 23.0 Å². The third kappa shape index (κ3) is 3.85. The van der Waals surface area contributed by atoms with E-state index in [0.29, 0.717) is 41.1 Å². The Morgan fingerprint density at radius 1 is 1.04 bits per heavy atom. The fraction of sp³-hybridized carbons (Fsp3) is 0.200. The molecule has 6 nitrogen and oxygen atoms in total. The summed E-state index contributed by atoms with van der Waals surface area (Å²) in [5.41, 5.74) is 0.00684. The van der Waals surface area contributed by atoms with E-state index in [9.17, 15) is 9.59 Å². The molecule has 0 atom stereocenters. The Labute approximate surface area is 149 Å². The number of hydrogen-bond donors (Lipinski definition) is 0. The summed E-state index contributed by atoms with van der Waals surface area (Å²) >= 11 is 0. The lowest BCUT2D eigenvalue weighted by Gasteiger charge is -2.07. The highest BCUT2D eigenvalue weighted by Crippen LogP contribution is 2.25. The van der Waals surface area contributed by atoms with Gasteiger partial charge in [-0.15, -0.1) is 0 Å².